The molecule has 2 aromatic rings. The number of nitrogens with zero attached hydrogens (tertiary/aromatic N) is 1. The van der Waals surface area contributed by atoms with Gasteiger partial charge in [0.25, 0.3) is 0 Å². The number of ether oxygens (including phenoxy) is 1. The Hall–Kier alpha value is -2.65. The quantitative estimate of drug-likeness (QED) is 0.450. The maximum atomic E-state index is 11.8. The first-order chi connectivity index (χ1) is 11.7. The van der Waals surface area contributed by atoms with E-state index >= 15 is 0 Å². The molecule has 0 saturated heterocycles. The summed E-state index contributed by atoms with van der Waals surface area (Å²) in [5.74, 6) is 0.872. The minimum absolute atomic E-state index is 0.258. The number of hydrogen-bond donors (Lipinski definition) is 2. The molecule has 0 saturated carbocycles. The average Bonchev–Trinajstić information content (AvgIpc) is 2.58. The summed E-state index contributed by atoms with van der Waals surface area (Å²) in [5.41, 5.74) is 1.78. The monoisotopic (exact) mass is 341 g/mol. The summed E-state index contributed by atoms with van der Waals surface area (Å²) in [6, 6.07) is 14.7. The summed E-state index contributed by atoms with van der Waals surface area (Å²) in [4.78, 5) is 12.6. The molecular weight excluding hydrogens is 322 g/mol. The standard InChI is InChI=1S/C18H19N3O2S/c1-14-5-2-3-6-17(14)23-12-4-11-20-18(22)21-15-7-9-16(10-8-15)24-13-19/h2-3,5-10H,4,11-12H2,1H3,(H2,20,21,22). The molecule has 0 aliphatic rings. The third-order valence-electron chi connectivity index (χ3n) is 3.23. The molecule has 0 aliphatic carbocycles. The summed E-state index contributed by atoms with van der Waals surface area (Å²) in [7, 11) is 0. The lowest BCUT2D eigenvalue weighted by Crippen LogP contribution is -2.30. The normalized spacial score (nSPS) is 9.83. The van der Waals surface area contributed by atoms with E-state index in [1.165, 1.54) is 0 Å². The Bertz CT molecular complexity index is 711. The number of benzene rings is 2. The topological polar surface area (TPSA) is 74.2 Å². The van der Waals surface area contributed by atoms with Gasteiger partial charge in [-0.05, 0) is 61.0 Å². The Morgan fingerprint density at radius 1 is 1.21 bits per heavy atom. The molecule has 6 heteroatoms. The highest BCUT2D eigenvalue weighted by Crippen LogP contribution is 2.19. The van der Waals surface area contributed by atoms with Crippen LogP contribution in [-0.2, 0) is 0 Å². The Morgan fingerprint density at radius 3 is 2.67 bits per heavy atom. The first kappa shape index (κ1) is 17.7. The number of carbonyl (C=O) groups is 1. The minimum Gasteiger partial charge on any atom is -0.493 e. The number of hydrogen-bond acceptors (Lipinski definition) is 4. The van der Waals surface area contributed by atoms with Crippen molar-refractivity contribution in [1.29, 1.82) is 5.26 Å². The van der Waals surface area contributed by atoms with Crippen molar-refractivity contribution in [2.75, 3.05) is 18.5 Å². The summed E-state index contributed by atoms with van der Waals surface area (Å²) in [6.07, 6.45) is 0.722. The molecule has 2 amide bonds. The van der Waals surface area contributed by atoms with Crippen molar-refractivity contribution in [1.82, 2.24) is 5.32 Å². The highest BCUT2D eigenvalue weighted by Gasteiger charge is 2.02. The van der Waals surface area contributed by atoms with Crippen LogP contribution in [0.1, 0.15) is 12.0 Å². The van der Waals surface area contributed by atoms with E-state index in [2.05, 4.69) is 10.6 Å². The summed E-state index contributed by atoms with van der Waals surface area (Å²) in [5, 5.41) is 16.1. The number of carbonyl (C=O) groups excluding carboxylic acids is 1. The van der Waals surface area contributed by atoms with Gasteiger partial charge in [-0.15, -0.1) is 0 Å². The van der Waals surface area contributed by atoms with Gasteiger partial charge >= 0.3 is 6.03 Å². The molecule has 0 bridgehead atoms. The lowest BCUT2D eigenvalue weighted by atomic mass is 10.2. The van der Waals surface area contributed by atoms with Crippen molar-refractivity contribution in [3.63, 3.8) is 0 Å². The molecule has 0 atom stereocenters. The highest BCUT2D eigenvalue weighted by atomic mass is 32.2. The van der Waals surface area contributed by atoms with E-state index in [4.69, 9.17) is 10.00 Å². The molecule has 24 heavy (non-hydrogen) atoms. The van der Waals surface area contributed by atoms with Crippen LogP contribution in [-0.4, -0.2) is 19.2 Å². The van der Waals surface area contributed by atoms with Crippen molar-refractivity contribution < 1.29 is 9.53 Å². The molecule has 0 unspecified atom stereocenters. The Balaban J connectivity index is 1.64. The van der Waals surface area contributed by atoms with Gasteiger partial charge in [-0.3, -0.25) is 0 Å². The zero-order valence-corrected chi connectivity index (χ0v) is 14.2. The second-order valence-electron chi connectivity index (χ2n) is 5.07. The van der Waals surface area contributed by atoms with Gasteiger partial charge in [-0.2, -0.15) is 5.26 Å². The summed E-state index contributed by atoms with van der Waals surface area (Å²) in [6.45, 7) is 3.08. The number of aryl methyl sites for hydroxylation is 1. The second kappa shape index (κ2) is 9.48. The van der Waals surface area contributed by atoms with E-state index in [0.29, 0.717) is 18.8 Å². The molecule has 0 aromatic heterocycles. The van der Waals surface area contributed by atoms with Crippen LogP contribution in [0.5, 0.6) is 5.75 Å². The molecule has 2 rings (SSSR count). The molecule has 0 aliphatic heterocycles. The molecule has 0 fully saturated rings. The van der Waals surface area contributed by atoms with Crippen LogP contribution >= 0.6 is 11.8 Å². The molecule has 2 aromatic carbocycles. The van der Waals surface area contributed by atoms with E-state index < -0.39 is 0 Å². The van der Waals surface area contributed by atoms with Crippen molar-refractivity contribution in [2.45, 2.75) is 18.2 Å². The van der Waals surface area contributed by atoms with Crippen molar-refractivity contribution in [2.24, 2.45) is 0 Å². The zero-order valence-electron chi connectivity index (χ0n) is 13.4. The van der Waals surface area contributed by atoms with Gasteiger partial charge < -0.3 is 15.4 Å². The van der Waals surface area contributed by atoms with Crippen molar-refractivity contribution >= 4 is 23.5 Å². The molecule has 124 valence electrons. The molecule has 2 N–H and O–H groups in total. The van der Waals surface area contributed by atoms with Gasteiger partial charge in [0, 0.05) is 17.1 Å². The van der Waals surface area contributed by atoms with Crippen molar-refractivity contribution in [3.05, 3.63) is 54.1 Å². The van der Waals surface area contributed by atoms with Gasteiger partial charge in [0.05, 0.1) is 6.61 Å². The van der Waals surface area contributed by atoms with E-state index in [1.54, 1.807) is 24.3 Å². The largest absolute Gasteiger partial charge is 0.493 e. The number of rotatable bonds is 7. The van der Waals surface area contributed by atoms with Gasteiger partial charge in [0.15, 0.2) is 0 Å². The number of urea groups is 1. The predicted molar refractivity (Wildman–Crippen MR) is 96.2 cm³/mol. The third kappa shape index (κ3) is 5.86. The maximum absolute atomic E-state index is 11.8. The van der Waals surface area contributed by atoms with Crippen LogP contribution in [0.2, 0.25) is 0 Å². The SMILES string of the molecule is Cc1ccccc1OCCCNC(=O)Nc1ccc(SC#N)cc1. The van der Waals surface area contributed by atoms with E-state index in [9.17, 15) is 4.79 Å². The molecule has 5 nitrogen and oxygen atoms in total. The van der Waals surface area contributed by atoms with E-state index in [1.807, 2.05) is 36.6 Å². The number of anilines is 1. The van der Waals surface area contributed by atoms with Gasteiger partial charge in [0.1, 0.15) is 11.2 Å². The van der Waals surface area contributed by atoms with E-state index in [0.717, 1.165) is 34.4 Å². The third-order valence-corrected chi connectivity index (χ3v) is 3.83. The Morgan fingerprint density at radius 2 is 1.96 bits per heavy atom. The van der Waals surface area contributed by atoms with Crippen LogP contribution in [0, 0.1) is 17.6 Å². The maximum Gasteiger partial charge on any atom is 0.319 e. The molecule has 0 heterocycles. The Kier molecular flexibility index (Phi) is 6.99. The number of amides is 2. The highest BCUT2D eigenvalue weighted by molar-refractivity contribution is 8.03. The van der Waals surface area contributed by atoms with Crippen molar-refractivity contribution in [3.8, 4) is 11.2 Å². The van der Waals surface area contributed by atoms with Crippen LogP contribution in [0.15, 0.2) is 53.4 Å². The average molecular weight is 341 g/mol. The van der Waals surface area contributed by atoms with Crippen LogP contribution < -0.4 is 15.4 Å². The number of thiocyanates is 1. The first-order valence-electron chi connectivity index (χ1n) is 7.58. The lowest BCUT2D eigenvalue weighted by molar-refractivity contribution is 0.250. The van der Waals surface area contributed by atoms with E-state index in [-0.39, 0.29) is 6.03 Å². The number of para-hydroxylation sites is 1. The fraction of sp³-hybridized carbons (Fsp3) is 0.222. The smallest absolute Gasteiger partial charge is 0.319 e. The Labute approximate surface area is 146 Å². The van der Waals surface area contributed by atoms with Gasteiger partial charge in [-0.1, -0.05) is 18.2 Å². The van der Waals surface area contributed by atoms with Gasteiger partial charge in [-0.25, -0.2) is 4.79 Å². The summed E-state index contributed by atoms with van der Waals surface area (Å²) < 4.78 is 5.67. The fourth-order valence-corrected chi connectivity index (χ4v) is 2.39. The molecular formula is C18H19N3O2S. The van der Waals surface area contributed by atoms with Gasteiger partial charge in [0.2, 0.25) is 0 Å². The van der Waals surface area contributed by atoms with Crippen LogP contribution in [0.3, 0.4) is 0 Å². The second-order valence-corrected chi connectivity index (χ2v) is 5.92. The fourth-order valence-electron chi connectivity index (χ4n) is 2.01. The van der Waals surface area contributed by atoms with Crippen LogP contribution in [0.4, 0.5) is 10.5 Å². The lowest BCUT2D eigenvalue weighted by Gasteiger charge is -2.10. The molecule has 0 radical (unpaired) electrons. The number of thioether (sulfide) groups is 1. The number of nitriles is 1. The predicted octanol–water partition coefficient (Wildman–Crippen LogP) is 4.16. The first-order valence-corrected chi connectivity index (χ1v) is 8.40. The summed E-state index contributed by atoms with van der Waals surface area (Å²) >= 11 is 1.08. The number of nitrogens with one attached hydrogen (secondary N) is 2. The minimum atomic E-state index is -0.258. The zero-order chi connectivity index (χ0) is 17.2. The van der Waals surface area contributed by atoms with Crippen LogP contribution in [0.25, 0.3) is 0 Å². The molecule has 0 spiro atoms.